The predicted octanol–water partition coefficient (Wildman–Crippen LogP) is 3.95. The minimum atomic E-state index is -0.590. The van der Waals surface area contributed by atoms with Gasteiger partial charge in [0, 0.05) is 11.3 Å². The van der Waals surface area contributed by atoms with Gasteiger partial charge in [0.1, 0.15) is 6.04 Å². The van der Waals surface area contributed by atoms with Crippen LogP contribution in [0.25, 0.3) is 0 Å². The minimum Gasteiger partial charge on any atom is -0.399 e. The van der Waals surface area contributed by atoms with Gasteiger partial charge >= 0.3 is 0 Å². The van der Waals surface area contributed by atoms with Crippen molar-refractivity contribution in [2.45, 2.75) is 52.1 Å². The highest BCUT2D eigenvalue weighted by atomic mass is 35.5. The van der Waals surface area contributed by atoms with E-state index in [1.165, 1.54) is 5.56 Å². The molecule has 2 amide bonds. The van der Waals surface area contributed by atoms with Crippen molar-refractivity contribution in [2.24, 2.45) is 5.92 Å². The molecule has 2 unspecified atom stereocenters. The van der Waals surface area contributed by atoms with Gasteiger partial charge in [0.25, 0.3) is 5.91 Å². The number of nitrogen functional groups attached to an aromatic ring is 1. The van der Waals surface area contributed by atoms with Crippen LogP contribution in [0.3, 0.4) is 0 Å². The van der Waals surface area contributed by atoms with E-state index in [9.17, 15) is 9.59 Å². The Morgan fingerprint density at radius 1 is 1.10 bits per heavy atom. The van der Waals surface area contributed by atoms with Crippen LogP contribution in [0.2, 0.25) is 0 Å². The van der Waals surface area contributed by atoms with Gasteiger partial charge in [0.15, 0.2) is 0 Å². The third-order valence-corrected chi connectivity index (χ3v) is 5.35. The third-order valence-electron chi connectivity index (χ3n) is 5.35. The van der Waals surface area contributed by atoms with Gasteiger partial charge in [-0.3, -0.25) is 9.59 Å². The Morgan fingerprint density at radius 3 is 2.45 bits per heavy atom. The Balaban J connectivity index is 0.00000300. The first kappa shape index (κ1) is 22.8. The molecule has 0 aromatic heterocycles. The zero-order valence-corrected chi connectivity index (χ0v) is 18.0. The van der Waals surface area contributed by atoms with Crippen molar-refractivity contribution in [3.8, 4) is 0 Å². The van der Waals surface area contributed by atoms with Crippen LogP contribution in [0.5, 0.6) is 0 Å². The fourth-order valence-electron chi connectivity index (χ4n) is 3.71. The molecule has 2 aromatic carbocycles. The molecule has 0 bridgehead atoms. The lowest BCUT2D eigenvalue weighted by molar-refractivity contribution is -0.124. The highest BCUT2D eigenvalue weighted by Crippen LogP contribution is 2.31. The minimum absolute atomic E-state index is 0. The average molecular weight is 416 g/mol. The smallest absolute Gasteiger partial charge is 0.251 e. The number of nitrogens with one attached hydrogen (secondary N) is 2. The van der Waals surface area contributed by atoms with Gasteiger partial charge < -0.3 is 16.4 Å². The number of hydrogen-bond donors (Lipinski definition) is 3. The van der Waals surface area contributed by atoms with E-state index in [-0.39, 0.29) is 36.2 Å². The van der Waals surface area contributed by atoms with Crippen molar-refractivity contribution in [2.75, 3.05) is 5.73 Å². The number of anilines is 1. The van der Waals surface area contributed by atoms with Crippen molar-refractivity contribution in [3.05, 3.63) is 64.7 Å². The van der Waals surface area contributed by atoms with Crippen molar-refractivity contribution < 1.29 is 9.59 Å². The lowest BCUT2D eigenvalue weighted by Gasteiger charge is -2.29. The van der Waals surface area contributed by atoms with Gasteiger partial charge in [0.05, 0.1) is 6.04 Å². The topological polar surface area (TPSA) is 84.2 Å². The Bertz CT molecular complexity index is 865. The van der Waals surface area contributed by atoms with E-state index in [1.54, 1.807) is 12.1 Å². The standard InChI is InChI=1S/C23H29N3O2.ClH/c1-14(2)21(26-22(27)16-9-7-15(3)8-10-16)23(28)25-20-6-4-5-17-13-18(24)11-12-19(17)20;/h7-14,20-21H,4-6,24H2,1-3H3,(H,25,28)(H,26,27);1H. The number of nitrogens with two attached hydrogens (primary N) is 1. The molecule has 0 saturated carbocycles. The first-order valence-electron chi connectivity index (χ1n) is 9.91. The molecule has 0 radical (unpaired) electrons. The number of fused-ring (bicyclic) bond motifs is 1. The molecule has 0 fully saturated rings. The van der Waals surface area contributed by atoms with Crippen LogP contribution in [0.15, 0.2) is 42.5 Å². The summed E-state index contributed by atoms with van der Waals surface area (Å²) in [4.78, 5) is 25.6. The fraction of sp³-hybridized carbons (Fsp3) is 0.391. The van der Waals surface area contributed by atoms with Crippen molar-refractivity contribution >= 4 is 29.9 Å². The molecule has 0 saturated heterocycles. The number of hydrogen-bond acceptors (Lipinski definition) is 3. The fourth-order valence-corrected chi connectivity index (χ4v) is 3.71. The Kier molecular flexibility index (Phi) is 7.68. The molecule has 6 heteroatoms. The first-order chi connectivity index (χ1) is 13.3. The lowest BCUT2D eigenvalue weighted by atomic mass is 9.87. The van der Waals surface area contributed by atoms with E-state index in [2.05, 4.69) is 10.6 Å². The van der Waals surface area contributed by atoms with Crippen LogP contribution in [0.1, 0.15) is 59.8 Å². The van der Waals surface area contributed by atoms with E-state index < -0.39 is 6.04 Å². The summed E-state index contributed by atoms with van der Waals surface area (Å²) in [6.07, 6.45) is 2.87. The molecular weight excluding hydrogens is 386 g/mol. The summed E-state index contributed by atoms with van der Waals surface area (Å²) in [5, 5.41) is 6.05. The summed E-state index contributed by atoms with van der Waals surface area (Å²) in [7, 11) is 0. The Labute approximate surface area is 178 Å². The summed E-state index contributed by atoms with van der Waals surface area (Å²) in [6.45, 7) is 5.85. The molecule has 0 spiro atoms. The maximum Gasteiger partial charge on any atom is 0.251 e. The van der Waals surface area contributed by atoms with Crippen molar-refractivity contribution in [1.82, 2.24) is 10.6 Å². The van der Waals surface area contributed by atoms with Crippen LogP contribution in [0, 0.1) is 12.8 Å². The third kappa shape index (κ3) is 5.51. The van der Waals surface area contributed by atoms with Gasteiger partial charge in [-0.15, -0.1) is 12.4 Å². The number of aryl methyl sites for hydroxylation is 2. The van der Waals surface area contributed by atoms with Gasteiger partial charge in [-0.25, -0.2) is 0 Å². The molecule has 156 valence electrons. The van der Waals surface area contributed by atoms with Gasteiger partial charge in [-0.2, -0.15) is 0 Å². The number of amides is 2. The van der Waals surface area contributed by atoms with Crippen molar-refractivity contribution in [3.63, 3.8) is 0 Å². The zero-order valence-electron chi connectivity index (χ0n) is 17.2. The van der Waals surface area contributed by atoms with E-state index in [1.807, 2.05) is 51.1 Å². The summed E-state index contributed by atoms with van der Waals surface area (Å²) in [6, 6.07) is 12.6. The zero-order chi connectivity index (χ0) is 20.3. The van der Waals surface area contributed by atoms with E-state index in [0.717, 1.165) is 36.1 Å². The number of carbonyl (C=O) groups excluding carboxylic acids is 2. The summed E-state index contributed by atoms with van der Waals surface area (Å²) >= 11 is 0. The molecule has 4 N–H and O–H groups in total. The average Bonchev–Trinajstić information content (AvgIpc) is 2.66. The number of halogens is 1. The van der Waals surface area contributed by atoms with Crippen molar-refractivity contribution in [1.29, 1.82) is 0 Å². The molecule has 3 rings (SSSR count). The van der Waals surface area contributed by atoms with E-state index in [0.29, 0.717) is 5.56 Å². The van der Waals surface area contributed by atoms with E-state index in [4.69, 9.17) is 5.73 Å². The van der Waals surface area contributed by atoms with Crippen LogP contribution < -0.4 is 16.4 Å². The first-order valence-corrected chi connectivity index (χ1v) is 9.91. The molecule has 5 nitrogen and oxygen atoms in total. The molecular formula is C23H30ClN3O2. The highest BCUT2D eigenvalue weighted by molar-refractivity contribution is 5.97. The second-order valence-corrected chi connectivity index (χ2v) is 7.97. The van der Waals surface area contributed by atoms with Crippen LogP contribution in [0.4, 0.5) is 5.69 Å². The predicted molar refractivity (Wildman–Crippen MR) is 119 cm³/mol. The van der Waals surface area contributed by atoms with Crippen LogP contribution in [-0.2, 0) is 11.2 Å². The molecule has 0 aliphatic heterocycles. The Morgan fingerprint density at radius 2 is 1.79 bits per heavy atom. The number of benzene rings is 2. The van der Waals surface area contributed by atoms with Gasteiger partial charge in [-0.1, -0.05) is 37.6 Å². The summed E-state index contributed by atoms with van der Waals surface area (Å²) < 4.78 is 0. The lowest BCUT2D eigenvalue weighted by Crippen LogP contribution is -2.50. The normalized spacial score (nSPS) is 16.3. The monoisotopic (exact) mass is 415 g/mol. The molecule has 2 atom stereocenters. The molecule has 29 heavy (non-hydrogen) atoms. The SMILES string of the molecule is Cc1ccc(C(=O)NC(C(=O)NC2CCCc3cc(N)ccc32)C(C)C)cc1.Cl. The van der Waals surface area contributed by atoms with Crippen LogP contribution >= 0.6 is 12.4 Å². The number of carbonyl (C=O) groups is 2. The second kappa shape index (κ2) is 9.79. The summed E-state index contributed by atoms with van der Waals surface area (Å²) in [5.41, 5.74) is 10.6. The maximum absolute atomic E-state index is 13.0. The van der Waals surface area contributed by atoms with Gasteiger partial charge in [-0.05, 0) is 67.5 Å². The molecule has 2 aromatic rings. The number of rotatable bonds is 5. The highest BCUT2D eigenvalue weighted by Gasteiger charge is 2.29. The second-order valence-electron chi connectivity index (χ2n) is 7.97. The Hall–Kier alpha value is -2.53. The summed E-state index contributed by atoms with van der Waals surface area (Å²) in [5.74, 6) is -0.403. The van der Waals surface area contributed by atoms with E-state index >= 15 is 0 Å². The molecule has 1 aliphatic rings. The van der Waals surface area contributed by atoms with Gasteiger partial charge in [0.2, 0.25) is 5.91 Å². The molecule has 0 heterocycles. The maximum atomic E-state index is 13.0. The largest absolute Gasteiger partial charge is 0.399 e. The molecule has 1 aliphatic carbocycles. The quantitative estimate of drug-likeness (QED) is 0.646. The van der Waals surface area contributed by atoms with Crippen LogP contribution in [-0.4, -0.2) is 17.9 Å².